The highest BCUT2D eigenvalue weighted by Crippen LogP contribution is 2.29. The number of carbonyl (C=O) groups is 1. The summed E-state index contributed by atoms with van der Waals surface area (Å²) >= 11 is 1.43. The third kappa shape index (κ3) is 4.63. The monoisotopic (exact) mass is 392 g/mol. The first-order valence-corrected chi connectivity index (χ1v) is 10.6. The molecule has 0 radical (unpaired) electrons. The van der Waals surface area contributed by atoms with Crippen LogP contribution in [0.5, 0.6) is 5.88 Å². The smallest absolute Gasteiger partial charge is 0.243 e. The second-order valence-corrected chi connectivity index (χ2v) is 7.53. The van der Waals surface area contributed by atoms with Crippen molar-refractivity contribution in [1.29, 1.82) is 0 Å². The van der Waals surface area contributed by atoms with Gasteiger partial charge in [-0.15, -0.1) is 15.3 Å². The number of aromatic nitrogens is 5. The summed E-state index contributed by atoms with van der Waals surface area (Å²) in [5.41, 5.74) is 0.819. The van der Waals surface area contributed by atoms with Gasteiger partial charge in [-0.2, -0.15) is 0 Å². The molecule has 3 rings (SSSR count). The van der Waals surface area contributed by atoms with E-state index in [9.17, 15) is 4.79 Å². The first-order valence-electron chi connectivity index (χ1n) is 9.64. The van der Waals surface area contributed by atoms with Crippen molar-refractivity contribution in [1.82, 2.24) is 29.4 Å². The van der Waals surface area contributed by atoms with Gasteiger partial charge in [0.05, 0.1) is 12.4 Å². The number of nitrogens with zero attached hydrogens (tertiary/aromatic N) is 6. The van der Waals surface area contributed by atoms with Crippen LogP contribution in [0.1, 0.15) is 39.5 Å². The van der Waals surface area contributed by atoms with Crippen LogP contribution in [0.15, 0.2) is 11.4 Å². The molecular weight excluding hydrogens is 364 g/mol. The lowest BCUT2D eigenvalue weighted by atomic mass is 10.2. The van der Waals surface area contributed by atoms with E-state index in [2.05, 4.69) is 15.3 Å². The normalized spacial score (nSPS) is 15.0. The fourth-order valence-corrected chi connectivity index (χ4v) is 3.99. The Hall–Kier alpha value is -2.03. The van der Waals surface area contributed by atoms with Gasteiger partial charge in [-0.1, -0.05) is 24.6 Å². The molecule has 8 nitrogen and oxygen atoms in total. The summed E-state index contributed by atoms with van der Waals surface area (Å²) in [6.07, 6.45) is 6.57. The molecule has 0 aliphatic carbocycles. The zero-order chi connectivity index (χ0) is 19.2. The summed E-state index contributed by atoms with van der Waals surface area (Å²) in [5.74, 6) is 1.83. The van der Waals surface area contributed by atoms with E-state index in [4.69, 9.17) is 4.74 Å². The summed E-state index contributed by atoms with van der Waals surface area (Å²) in [6, 6.07) is 0. The van der Waals surface area contributed by atoms with Crippen LogP contribution in [0.3, 0.4) is 0 Å². The van der Waals surface area contributed by atoms with Crippen molar-refractivity contribution in [3.05, 3.63) is 6.20 Å². The first-order chi connectivity index (χ1) is 13.1. The molecule has 1 saturated heterocycles. The number of aryl methyl sites for hydroxylation is 1. The van der Waals surface area contributed by atoms with Crippen molar-refractivity contribution >= 4 is 17.7 Å². The van der Waals surface area contributed by atoms with Gasteiger partial charge in [0.2, 0.25) is 11.8 Å². The van der Waals surface area contributed by atoms with Crippen molar-refractivity contribution in [2.45, 2.75) is 51.2 Å². The van der Waals surface area contributed by atoms with Crippen LogP contribution in [-0.2, 0) is 18.4 Å². The van der Waals surface area contributed by atoms with Gasteiger partial charge in [0.1, 0.15) is 5.56 Å². The molecule has 148 valence electrons. The molecule has 0 unspecified atom stereocenters. The predicted octanol–water partition coefficient (Wildman–Crippen LogP) is 2.59. The van der Waals surface area contributed by atoms with Crippen LogP contribution in [0.4, 0.5) is 0 Å². The zero-order valence-electron chi connectivity index (χ0n) is 16.3. The SMILES string of the molecule is CCOc1nn(CC)cc1-c1nnc(SCC(=O)N2CCCCCC2)n1C. The molecule has 2 aromatic heterocycles. The third-order valence-corrected chi connectivity index (χ3v) is 5.70. The lowest BCUT2D eigenvalue weighted by molar-refractivity contribution is -0.128. The van der Waals surface area contributed by atoms with Crippen LogP contribution in [0.2, 0.25) is 0 Å². The number of rotatable bonds is 7. The number of hydrogen-bond acceptors (Lipinski definition) is 6. The fraction of sp³-hybridized carbons (Fsp3) is 0.667. The van der Waals surface area contributed by atoms with Crippen molar-refractivity contribution in [2.75, 3.05) is 25.4 Å². The molecule has 9 heteroatoms. The maximum Gasteiger partial charge on any atom is 0.243 e. The Bertz CT molecular complexity index is 764. The van der Waals surface area contributed by atoms with E-state index in [-0.39, 0.29) is 5.91 Å². The van der Waals surface area contributed by atoms with Gasteiger partial charge in [-0.05, 0) is 26.7 Å². The van der Waals surface area contributed by atoms with Gasteiger partial charge in [-0.25, -0.2) is 0 Å². The highest BCUT2D eigenvalue weighted by Gasteiger charge is 2.21. The number of hydrogen-bond donors (Lipinski definition) is 0. The maximum atomic E-state index is 12.5. The predicted molar refractivity (Wildman–Crippen MR) is 105 cm³/mol. The zero-order valence-corrected chi connectivity index (χ0v) is 17.2. The Balaban J connectivity index is 1.70. The van der Waals surface area contributed by atoms with Crippen molar-refractivity contribution in [3.8, 4) is 17.3 Å². The highest BCUT2D eigenvalue weighted by molar-refractivity contribution is 7.99. The Kier molecular flexibility index (Phi) is 6.76. The standard InChI is InChI=1S/C18H28N6O2S/c1-4-24-12-14(17(21-24)26-5-2)16-19-20-18(22(16)3)27-13-15(25)23-10-8-6-7-9-11-23/h12H,4-11,13H2,1-3H3. The summed E-state index contributed by atoms with van der Waals surface area (Å²) in [4.78, 5) is 14.5. The van der Waals surface area contributed by atoms with Crippen LogP contribution in [0, 0.1) is 0 Å². The van der Waals surface area contributed by atoms with E-state index >= 15 is 0 Å². The highest BCUT2D eigenvalue weighted by atomic mass is 32.2. The summed E-state index contributed by atoms with van der Waals surface area (Å²) in [7, 11) is 1.91. The van der Waals surface area contributed by atoms with E-state index < -0.39 is 0 Å². The molecule has 1 fully saturated rings. The second kappa shape index (κ2) is 9.25. The van der Waals surface area contributed by atoms with Gasteiger partial charge in [0.25, 0.3) is 0 Å². The van der Waals surface area contributed by atoms with Crippen molar-refractivity contribution in [2.24, 2.45) is 7.05 Å². The molecule has 0 spiro atoms. The van der Waals surface area contributed by atoms with Gasteiger partial charge in [-0.3, -0.25) is 9.48 Å². The van der Waals surface area contributed by atoms with Crippen molar-refractivity contribution in [3.63, 3.8) is 0 Å². The molecule has 3 heterocycles. The largest absolute Gasteiger partial charge is 0.476 e. The molecule has 27 heavy (non-hydrogen) atoms. The van der Waals surface area contributed by atoms with E-state index in [0.29, 0.717) is 24.1 Å². The molecule has 0 aromatic carbocycles. The molecule has 0 saturated carbocycles. The molecule has 0 bridgehead atoms. The lowest BCUT2D eigenvalue weighted by Gasteiger charge is -2.19. The number of carbonyl (C=O) groups excluding carboxylic acids is 1. The fourth-order valence-electron chi connectivity index (χ4n) is 3.18. The molecule has 1 amide bonds. The Morgan fingerprint density at radius 2 is 1.93 bits per heavy atom. The molecule has 1 aliphatic rings. The lowest BCUT2D eigenvalue weighted by Crippen LogP contribution is -2.33. The molecule has 0 atom stereocenters. The Labute approximate surface area is 164 Å². The molecule has 0 N–H and O–H groups in total. The Morgan fingerprint density at radius 1 is 1.19 bits per heavy atom. The summed E-state index contributed by atoms with van der Waals surface area (Å²) in [5, 5.41) is 13.7. The number of thioether (sulfide) groups is 1. The van der Waals surface area contributed by atoms with Crippen LogP contribution in [-0.4, -0.2) is 60.8 Å². The Morgan fingerprint density at radius 3 is 2.59 bits per heavy atom. The molecule has 1 aliphatic heterocycles. The molecular formula is C18H28N6O2S. The quantitative estimate of drug-likeness (QED) is 0.674. The van der Waals surface area contributed by atoms with E-state index in [1.807, 2.05) is 41.2 Å². The second-order valence-electron chi connectivity index (χ2n) is 6.59. The first kappa shape index (κ1) is 19.7. The summed E-state index contributed by atoms with van der Waals surface area (Å²) < 4.78 is 9.37. The van der Waals surface area contributed by atoms with Crippen LogP contribution < -0.4 is 4.74 Å². The van der Waals surface area contributed by atoms with Crippen LogP contribution >= 0.6 is 11.8 Å². The number of amides is 1. The van der Waals surface area contributed by atoms with Gasteiger partial charge >= 0.3 is 0 Å². The minimum atomic E-state index is 0.181. The average Bonchev–Trinajstić information content (AvgIpc) is 3.11. The van der Waals surface area contributed by atoms with Crippen molar-refractivity contribution < 1.29 is 9.53 Å². The number of likely N-dealkylation sites (tertiary alicyclic amines) is 1. The minimum absolute atomic E-state index is 0.181. The third-order valence-electron chi connectivity index (χ3n) is 4.69. The molecule has 2 aromatic rings. The topological polar surface area (TPSA) is 78.1 Å². The average molecular weight is 393 g/mol. The van der Waals surface area contributed by atoms with Gasteiger partial charge < -0.3 is 14.2 Å². The minimum Gasteiger partial charge on any atom is -0.476 e. The van der Waals surface area contributed by atoms with E-state index in [1.165, 1.54) is 24.6 Å². The van der Waals surface area contributed by atoms with Crippen LogP contribution in [0.25, 0.3) is 11.4 Å². The summed E-state index contributed by atoms with van der Waals surface area (Å²) in [6.45, 7) is 7.00. The van der Waals surface area contributed by atoms with Gasteiger partial charge in [0.15, 0.2) is 11.0 Å². The maximum absolute atomic E-state index is 12.5. The number of ether oxygens (including phenoxy) is 1. The van der Waals surface area contributed by atoms with E-state index in [0.717, 1.165) is 43.2 Å². The van der Waals surface area contributed by atoms with E-state index in [1.54, 1.807) is 0 Å². The van der Waals surface area contributed by atoms with Gasteiger partial charge in [0, 0.05) is 32.9 Å².